The molecule has 1 unspecified atom stereocenters. The van der Waals surface area contributed by atoms with E-state index in [0.29, 0.717) is 43.6 Å². The van der Waals surface area contributed by atoms with Gasteiger partial charge >= 0.3 is 5.97 Å². The minimum atomic E-state index is -0.691. The number of benzene rings is 2. The molecule has 210 valence electrons. The average Bonchev–Trinajstić information content (AvgIpc) is 3.52. The number of nitro groups is 1. The summed E-state index contributed by atoms with van der Waals surface area (Å²) in [6.45, 7) is 9.69. The lowest BCUT2D eigenvalue weighted by atomic mass is 9.93. The van der Waals surface area contributed by atoms with Gasteiger partial charge in [-0.2, -0.15) is 0 Å². The fraction of sp³-hybridized carbons (Fsp3) is 0.258. The van der Waals surface area contributed by atoms with Gasteiger partial charge in [-0.1, -0.05) is 49.4 Å². The Morgan fingerprint density at radius 2 is 1.90 bits per heavy atom. The number of allylic oxidation sites excluding steroid dienone is 1. The summed E-state index contributed by atoms with van der Waals surface area (Å²) in [6.07, 6.45) is 1.65. The Hall–Kier alpha value is -4.57. The minimum absolute atomic E-state index is 0.00465. The van der Waals surface area contributed by atoms with E-state index in [1.165, 1.54) is 23.5 Å². The Kier molecular flexibility index (Phi) is 7.59. The molecule has 5 rings (SSSR count). The van der Waals surface area contributed by atoms with Crippen molar-refractivity contribution in [1.29, 1.82) is 0 Å². The number of aryl methyl sites for hydroxylation is 1. The molecule has 0 aliphatic carbocycles. The number of esters is 1. The average molecular weight is 572 g/mol. The number of ether oxygens (including phenoxy) is 1. The van der Waals surface area contributed by atoms with Gasteiger partial charge in [0.25, 0.3) is 11.2 Å². The van der Waals surface area contributed by atoms with E-state index in [2.05, 4.69) is 18.8 Å². The van der Waals surface area contributed by atoms with Crippen LogP contribution in [0.3, 0.4) is 0 Å². The highest BCUT2D eigenvalue weighted by molar-refractivity contribution is 7.07. The third-order valence-electron chi connectivity index (χ3n) is 7.02. The maximum atomic E-state index is 13.8. The number of carbonyl (C=O) groups is 1. The summed E-state index contributed by atoms with van der Waals surface area (Å²) < 4.78 is 13.3. The van der Waals surface area contributed by atoms with Gasteiger partial charge in [0.2, 0.25) is 0 Å². The molecular formula is C31H29N3O6S. The lowest BCUT2D eigenvalue weighted by Gasteiger charge is -2.25. The number of rotatable bonds is 7. The van der Waals surface area contributed by atoms with E-state index < -0.39 is 16.9 Å². The molecule has 1 aliphatic heterocycles. The fourth-order valence-corrected chi connectivity index (χ4v) is 5.94. The van der Waals surface area contributed by atoms with Crippen LogP contribution in [0.2, 0.25) is 0 Å². The van der Waals surface area contributed by atoms with Gasteiger partial charge in [0.15, 0.2) is 4.80 Å². The van der Waals surface area contributed by atoms with E-state index in [9.17, 15) is 19.7 Å². The van der Waals surface area contributed by atoms with Crippen LogP contribution in [0.15, 0.2) is 80.1 Å². The second-order valence-corrected chi connectivity index (χ2v) is 11.1. The molecule has 0 radical (unpaired) electrons. The first-order chi connectivity index (χ1) is 19.6. The van der Waals surface area contributed by atoms with Crippen LogP contribution in [0, 0.1) is 17.0 Å². The van der Waals surface area contributed by atoms with Gasteiger partial charge < -0.3 is 9.15 Å². The second-order valence-electron chi connectivity index (χ2n) is 10.1. The predicted octanol–water partition coefficient (Wildman–Crippen LogP) is 5.40. The lowest BCUT2D eigenvalue weighted by molar-refractivity contribution is -0.384. The molecule has 0 bridgehead atoms. The topological polar surface area (TPSA) is 117 Å². The Morgan fingerprint density at radius 3 is 2.54 bits per heavy atom. The highest BCUT2D eigenvalue weighted by Gasteiger charge is 2.33. The zero-order valence-corrected chi connectivity index (χ0v) is 24.2. The minimum Gasteiger partial charge on any atom is -0.463 e. The molecule has 2 aromatic heterocycles. The van der Waals surface area contributed by atoms with Crippen LogP contribution >= 0.6 is 11.3 Å². The van der Waals surface area contributed by atoms with Gasteiger partial charge in [-0.15, -0.1) is 0 Å². The monoisotopic (exact) mass is 571 g/mol. The first-order valence-corrected chi connectivity index (χ1v) is 14.1. The van der Waals surface area contributed by atoms with Crippen LogP contribution < -0.4 is 14.9 Å². The van der Waals surface area contributed by atoms with E-state index in [0.717, 1.165) is 16.7 Å². The van der Waals surface area contributed by atoms with E-state index >= 15 is 0 Å². The van der Waals surface area contributed by atoms with Gasteiger partial charge in [0.05, 0.1) is 33.4 Å². The Morgan fingerprint density at radius 1 is 1.17 bits per heavy atom. The number of aromatic nitrogens is 1. The first-order valence-electron chi connectivity index (χ1n) is 13.2. The number of thiazole rings is 1. The number of hydrogen-bond acceptors (Lipinski definition) is 8. The molecule has 0 saturated carbocycles. The van der Waals surface area contributed by atoms with Crippen LogP contribution in [-0.2, 0) is 9.53 Å². The number of nitro benzene ring substituents is 1. The molecule has 0 saturated heterocycles. The van der Waals surface area contributed by atoms with Gasteiger partial charge in [0, 0.05) is 23.8 Å². The molecule has 0 fully saturated rings. The summed E-state index contributed by atoms with van der Waals surface area (Å²) in [5.74, 6) is 0.804. The zero-order valence-electron chi connectivity index (χ0n) is 23.3. The maximum absolute atomic E-state index is 13.8. The summed E-state index contributed by atoms with van der Waals surface area (Å²) >= 11 is 1.21. The largest absolute Gasteiger partial charge is 0.463 e. The summed E-state index contributed by atoms with van der Waals surface area (Å²) in [4.78, 5) is 42.7. The normalized spacial score (nSPS) is 15.2. The third-order valence-corrected chi connectivity index (χ3v) is 8.01. The molecule has 0 N–H and O–H groups in total. The number of furan rings is 1. The van der Waals surface area contributed by atoms with E-state index in [1.807, 2.05) is 24.3 Å². The number of carbonyl (C=O) groups excluding carboxylic acids is 1. The van der Waals surface area contributed by atoms with E-state index in [4.69, 9.17) is 9.15 Å². The van der Waals surface area contributed by atoms with Crippen molar-refractivity contribution in [2.45, 2.75) is 46.6 Å². The summed E-state index contributed by atoms with van der Waals surface area (Å²) in [5, 5.41) is 11.1. The van der Waals surface area contributed by atoms with E-state index in [-0.39, 0.29) is 17.9 Å². The first kappa shape index (κ1) is 28.0. The molecular weight excluding hydrogens is 542 g/mol. The summed E-state index contributed by atoms with van der Waals surface area (Å²) in [7, 11) is 0. The van der Waals surface area contributed by atoms with Gasteiger partial charge in [-0.3, -0.25) is 19.5 Å². The van der Waals surface area contributed by atoms with E-state index in [1.54, 1.807) is 49.6 Å². The van der Waals surface area contributed by atoms with Crippen molar-refractivity contribution in [3.05, 3.63) is 118 Å². The fourth-order valence-electron chi connectivity index (χ4n) is 4.91. The van der Waals surface area contributed by atoms with Gasteiger partial charge in [-0.05, 0) is 61.6 Å². The van der Waals surface area contributed by atoms with Crippen LogP contribution in [0.4, 0.5) is 5.69 Å². The highest BCUT2D eigenvalue weighted by Crippen LogP contribution is 2.32. The molecule has 41 heavy (non-hydrogen) atoms. The maximum Gasteiger partial charge on any atom is 0.338 e. The lowest BCUT2D eigenvalue weighted by Crippen LogP contribution is -2.39. The Bertz CT molecular complexity index is 1880. The number of hydrogen-bond donors (Lipinski definition) is 0. The Labute approximate surface area is 239 Å². The predicted molar refractivity (Wildman–Crippen MR) is 156 cm³/mol. The molecule has 4 aromatic rings. The SMILES string of the molecule is CCOC(=O)C1=C(C)N=c2s/c(=C\c3ccc(-c4ccc([N+](=O)[O-])cc4C)o3)c(=O)n2C1c1ccc(C(C)C)cc1. The van der Waals surface area contributed by atoms with Crippen LogP contribution in [-0.4, -0.2) is 22.1 Å². The Balaban J connectivity index is 1.60. The number of non-ortho nitro benzene ring substituents is 1. The molecule has 0 amide bonds. The van der Waals surface area contributed by atoms with Crippen LogP contribution in [0.1, 0.15) is 62.1 Å². The second kappa shape index (κ2) is 11.1. The summed E-state index contributed by atoms with van der Waals surface area (Å²) in [6, 6.07) is 15.3. The highest BCUT2D eigenvalue weighted by atomic mass is 32.1. The summed E-state index contributed by atoms with van der Waals surface area (Å²) in [5.41, 5.74) is 3.89. The van der Waals surface area contributed by atoms with Crippen molar-refractivity contribution in [3.63, 3.8) is 0 Å². The van der Waals surface area contributed by atoms with Crippen LogP contribution in [0.5, 0.6) is 0 Å². The molecule has 10 heteroatoms. The molecule has 2 aromatic carbocycles. The van der Waals surface area contributed by atoms with Crippen molar-refractivity contribution < 1.29 is 18.9 Å². The number of fused-ring (bicyclic) bond motifs is 1. The quantitative estimate of drug-likeness (QED) is 0.167. The van der Waals surface area contributed by atoms with Gasteiger partial charge in [-0.25, -0.2) is 9.79 Å². The van der Waals surface area contributed by atoms with Crippen molar-refractivity contribution in [2.75, 3.05) is 6.61 Å². The van der Waals surface area contributed by atoms with Crippen molar-refractivity contribution in [2.24, 2.45) is 4.99 Å². The number of nitrogens with zero attached hydrogens (tertiary/aromatic N) is 3. The van der Waals surface area contributed by atoms with Crippen LogP contribution in [0.25, 0.3) is 17.4 Å². The zero-order chi connectivity index (χ0) is 29.4. The molecule has 3 heterocycles. The molecule has 1 aliphatic rings. The van der Waals surface area contributed by atoms with Gasteiger partial charge in [0.1, 0.15) is 11.5 Å². The molecule has 9 nitrogen and oxygen atoms in total. The smallest absolute Gasteiger partial charge is 0.338 e. The van der Waals surface area contributed by atoms with Crippen molar-refractivity contribution >= 4 is 29.1 Å². The molecule has 1 atom stereocenters. The molecule has 0 spiro atoms. The standard InChI is InChI=1S/C31H29N3O6S/c1-6-39-30(36)27-19(5)32-31-33(28(27)21-9-7-20(8-10-21)17(2)3)29(35)26(41-31)16-23-12-14-25(40-23)24-13-11-22(34(37)38)15-18(24)4/h7-17,28H,6H2,1-5H3/b26-16-. The van der Waals surface area contributed by atoms with Crippen molar-refractivity contribution in [1.82, 2.24) is 4.57 Å². The van der Waals surface area contributed by atoms with Crippen molar-refractivity contribution in [3.8, 4) is 11.3 Å². The third kappa shape index (κ3) is 5.30.